The van der Waals surface area contributed by atoms with E-state index < -0.39 is 17.1 Å². The summed E-state index contributed by atoms with van der Waals surface area (Å²) in [7, 11) is 0.405. The highest BCUT2D eigenvalue weighted by Crippen LogP contribution is 2.23. The largest absolute Gasteiger partial charge is 0.519 e. The summed E-state index contributed by atoms with van der Waals surface area (Å²) < 4.78 is 22.6. The molecular formula is C21H39NO5Si2. The van der Waals surface area contributed by atoms with Crippen LogP contribution < -0.4 is 4.90 Å². The second kappa shape index (κ2) is 13.2. The Balaban J connectivity index is 2.73. The summed E-state index contributed by atoms with van der Waals surface area (Å²) >= 11 is 0. The third kappa shape index (κ3) is 7.86. The van der Waals surface area contributed by atoms with Gasteiger partial charge in [0, 0.05) is 46.2 Å². The number of carbonyl (C=O) groups excluding carboxylic acids is 1. The van der Waals surface area contributed by atoms with Crippen LogP contribution in [0.4, 0.5) is 5.69 Å². The number of hydrogen-bond acceptors (Lipinski definition) is 6. The first kappa shape index (κ1) is 25.8. The molecule has 0 bridgehead atoms. The van der Waals surface area contributed by atoms with Gasteiger partial charge in [0.25, 0.3) is 14.3 Å². The molecule has 29 heavy (non-hydrogen) atoms. The van der Waals surface area contributed by atoms with Crippen molar-refractivity contribution < 1.29 is 22.5 Å². The van der Waals surface area contributed by atoms with Crippen LogP contribution in [0.5, 0.6) is 0 Å². The monoisotopic (exact) mass is 441 g/mol. The molecule has 0 amide bonds. The molecular weight excluding hydrogens is 402 g/mol. The van der Waals surface area contributed by atoms with Crippen molar-refractivity contribution in [2.75, 3.05) is 39.3 Å². The highest BCUT2D eigenvalue weighted by atomic mass is 28.4. The van der Waals surface area contributed by atoms with E-state index in [0.717, 1.165) is 42.8 Å². The summed E-state index contributed by atoms with van der Waals surface area (Å²) in [4.78, 5) is 14.8. The standard InChI is InChI=1S/C21H39NO5Si2/c1-7-28(8-2,9-3)27-21(23)16-18-22(20-14-11-10-12-15-20)17-13-19-29(24-4,25-5)26-6/h10-12,14-15H,7-9,13,16-19H2,1-6H3. The van der Waals surface area contributed by atoms with Crippen LogP contribution in [-0.4, -0.2) is 57.5 Å². The van der Waals surface area contributed by atoms with Crippen LogP contribution in [0.1, 0.15) is 33.6 Å². The van der Waals surface area contributed by atoms with E-state index in [-0.39, 0.29) is 5.97 Å². The lowest BCUT2D eigenvalue weighted by molar-refractivity contribution is -0.135. The molecule has 1 aromatic rings. The predicted octanol–water partition coefficient (Wildman–Crippen LogP) is 4.70. The van der Waals surface area contributed by atoms with Crippen LogP contribution in [0.15, 0.2) is 30.3 Å². The first-order chi connectivity index (χ1) is 13.9. The fourth-order valence-corrected chi connectivity index (χ4v) is 7.76. The minimum atomic E-state index is -2.59. The van der Waals surface area contributed by atoms with Crippen LogP contribution in [0.2, 0.25) is 24.2 Å². The van der Waals surface area contributed by atoms with E-state index in [9.17, 15) is 4.79 Å². The van der Waals surface area contributed by atoms with Crippen molar-refractivity contribution in [3.05, 3.63) is 30.3 Å². The Morgan fingerprint density at radius 1 is 0.897 bits per heavy atom. The Hall–Kier alpha value is -1.20. The molecule has 0 spiro atoms. The lowest BCUT2D eigenvalue weighted by Gasteiger charge is -2.30. The zero-order chi connectivity index (χ0) is 21.8. The third-order valence-electron chi connectivity index (χ3n) is 5.81. The molecule has 0 saturated carbocycles. The second-order valence-corrected chi connectivity index (χ2v) is 15.0. The van der Waals surface area contributed by atoms with E-state index in [1.807, 2.05) is 18.2 Å². The maximum atomic E-state index is 12.6. The average molecular weight is 442 g/mol. The summed E-state index contributed by atoms with van der Waals surface area (Å²) in [6.07, 6.45) is 1.24. The minimum Gasteiger partial charge on any atom is -0.519 e. The number of carbonyl (C=O) groups is 1. The van der Waals surface area contributed by atoms with Gasteiger partial charge in [-0.1, -0.05) is 39.0 Å². The highest BCUT2D eigenvalue weighted by molar-refractivity contribution is 6.74. The highest BCUT2D eigenvalue weighted by Gasteiger charge is 2.37. The summed E-state index contributed by atoms with van der Waals surface area (Å²) in [5.41, 5.74) is 1.10. The minimum absolute atomic E-state index is 0.0717. The number of rotatable bonds is 15. The van der Waals surface area contributed by atoms with Gasteiger partial charge in [0.05, 0.1) is 6.42 Å². The molecule has 0 unspecified atom stereocenters. The number of benzene rings is 1. The normalized spacial score (nSPS) is 12.1. The van der Waals surface area contributed by atoms with Gasteiger partial charge in [0.15, 0.2) is 0 Å². The van der Waals surface area contributed by atoms with Crippen molar-refractivity contribution in [1.82, 2.24) is 0 Å². The van der Waals surface area contributed by atoms with E-state index in [2.05, 4.69) is 37.8 Å². The van der Waals surface area contributed by atoms with Crippen LogP contribution in [0, 0.1) is 0 Å². The fourth-order valence-electron chi connectivity index (χ4n) is 3.54. The number of hydrogen-bond donors (Lipinski definition) is 0. The van der Waals surface area contributed by atoms with E-state index in [0.29, 0.717) is 13.0 Å². The zero-order valence-electron chi connectivity index (χ0n) is 19.0. The molecule has 0 aliphatic heterocycles. The van der Waals surface area contributed by atoms with Gasteiger partial charge in [-0.3, -0.25) is 4.79 Å². The Bertz CT molecular complexity index is 563. The Kier molecular flexibility index (Phi) is 11.7. The van der Waals surface area contributed by atoms with Gasteiger partial charge >= 0.3 is 8.80 Å². The Morgan fingerprint density at radius 3 is 1.93 bits per heavy atom. The molecule has 1 aromatic carbocycles. The molecule has 0 aliphatic carbocycles. The summed E-state index contributed by atoms with van der Waals surface area (Å²) in [5, 5.41) is 0. The van der Waals surface area contributed by atoms with E-state index in [1.54, 1.807) is 21.3 Å². The van der Waals surface area contributed by atoms with E-state index in [4.69, 9.17) is 17.7 Å². The van der Waals surface area contributed by atoms with E-state index >= 15 is 0 Å². The summed E-state index contributed by atoms with van der Waals surface area (Å²) in [6.45, 7) is 7.84. The van der Waals surface area contributed by atoms with Gasteiger partial charge in [-0.25, -0.2) is 0 Å². The van der Waals surface area contributed by atoms with Crippen molar-refractivity contribution in [2.45, 2.75) is 57.8 Å². The molecule has 0 heterocycles. The SMILES string of the molecule is CC[Si](CC)(CC)OC(=O)CCN(CCC[Si](OC)(OC)OC)c1ccccc1. The molecule has 0 radical (unpaired) electrons. The van der Waals surface area contributed by atoms with Crippen molar-refractivity contribution >= 4 is 28.8 Å². The molecule has 0 saturated heterocycles. The topological polar surface area (TPSA) is 57.2 Å². The molecule has 0 fully saturated rings. The third-order valence-corrected chi connectivity index (χ3v) is 13.2. The van der Waals surface area contributed by atoms with Crippen molar-refractivity contribution in [2.24, 2.45) is 0 Å². The zero-order valence-corrected chi connectivity index (χ0v) is 21.0. The molecule has 8 heteroatoms. The first-order valence-electron chi connectivity index (χ1n) is 10.6. The Labute approximate surface area is 179 Å². The van der Waals surface area contributed by atoms with Gasteiger partial charge < -0.3 is 22.6 Å². The average Bonchev–Trinajstić information content (AvgIpc) is 2.78. The van der Waals surface area contributed by atoms with Gasteiger partial charge in [-0.15, -0.1) is 0 Å². The van der Waals surface area contributed by atoms with Gasteiger partial charge in [-0.05, 0) is 36.7 Å². The van der Waals surface area contributed by atoms with Gasteiger partial charge in [-0.2, -0.15) is 0 Å². The van der Waals surface area contributed by atoms with Crippen molar-refractivity contribution in [1.29, 1.82) is 0 Å². The molecule has 166 valence electrons. The molecule has 0 atom stereocenters. The molecule has 0 aliphatic rings. The summed E-state index contributed by atoms with van der Waals surface area (Å²) in [5.74, 6) is -0.0717. The lowest BCUT2D eigenvalue weighted by atomic mass is 10.2. The lowest BCUT2D eigenvalue weighted by Crippen LogP contribution is -2.43. The van der Waals surface area contributed by atoms with Crippen molar-refractivity contribution in [3.8, 4) is 0 Å². The number of anilines is 1. The predicted molar refractivity (Wildman–Crippen MR) is 123 cm³/mol. The van der Waals surface area contributed by atoms with Crippen LogP contribution >= 0.6 is 0 Å². The Morgan fingerprint density at radius 2 is 1.45 bits per heavy atom. The number of nitrogens with zero attached hydrogens (tertiary/aromatic N) is 1. The maximum Gasteiger partial charge on any atom is 0.500 e. The smallest absolute Gasteiger partial charge is 0.500 e. The van der Waals surface area contributed by atoms with Crippen LogP contribution in [-0.2, 0) is 22.5 Å². The van der Waals surface area contributed by atoms with Crippen LogP contribution in [0.3, 0.4) is 0 Å². The fraction of sp³-hybridized carbons (Fsp3) is 0.667. The first-order valence-corrected chi connectivity index (χ1v) is 15.1. The molecule has 1 rings (SSSR count). The van der Waals surface area contributed by atoms with Crippen molar-refractivity contribution in [3.63, 3.8) is 0 Å². The van der Waals surface area contributed by atoms with Gasteiger partial charge in [0.1, 0.15) is 0 Å². The number of para-hydroxylation sites is 1. The quantitative estimate of drug-likeness (QED) is 0.368. The molecule has 0 aromatic heterocycles. The van der Waals surface area contributed by atoms with Crippen LogP contribution in [0.25, 0.3) is 0 Å². The van der Waals surface area contributed by atoms with Gasteiger partial charge in [0.2, 0.25) is 0 Å². The maximum absolute atomic E-state index is 12.6. The molecule has 6 nitrogen and oxygen atoms in total. The summed E-state index contributed by atoms with van der Waals surface area (Å²) in [6, 6.07) is 13.8. The van der Waals surface area contributed by atoms with E-state index in [1.165, 1.54) is 0 Å². The second-order valence-electron chi connectivity index (χ2n) is 7.19. The molecule has 0 N–H and O–H groups in total.